The van der Waals surface area contributed by atoms with Crippen LogP contribution in [0.4, 0.5) is 0 Å². The van der Waals surface area contributed by atoms with Gasteiger partial charge >= 0.3 is 0 Å². The molecule has 0 spiro atoms. The average Bonchev–Trinajstić information content (AvgIpc) is 3.42. The van der Waals surface area contributed by atoms with E-state index in [2.05, 4.69) is 76.1 Å². The van der Waals surface area contributed by atoms with Crippen molar-refractivity contribution in [3.63, 3.8) is 0 Å². The lowest BCUT2D eigenvalue weighted by molar-refractivity contribution is 0.104. The Labute approximate surface area is 224 Å². The third-order valence-corrected chi connectivity index (χ3v) is 7.56. The summed E-state index contributed by atoms with van der Waals surface area (Å²) >= 11 is 0. The summed E-state index contributed by atoms with van der Waals surface area (Å²) in [5.41, 5.74) is 9.34. The number of rotatable bonds is 6. The molecule has 1 N–H and O–H groups in total. The highest BCUT2D eigenvalue weighted by molar-refractivity contribution is 5.95. The van der Waals surface area contributed by atoms with Gasteiger partial charge in [0.2, 0.25) is 0 Å². The summed E-state index contributed by atoms with van der Waals surface area (Å²) in [5, 5.41) is 1.08. The molecule has 192 valence electrons. The van der Waals surface area contributed by atoms with Crippen molar-refractivity contribution < 1.29 is 0 Å². The van der Waals surface area contributed by atoms with E-state index in [4.69, 9.17) is 9.97 Å². The quantitative estimate of drug-likeness (QED) is 0.300. The topological polar surface area (TPSA) is 60.9 Å². The number of piperazine rings is 1. The molecule has 0 aliphatic carbocycles. The first kappa shape index (κ1) is 24.5. The van der Waals surface area contributed by atoms with Crippen molar-refractivity contribution in [1.29, 1.82) is 0 Å². The van der Waals surface area contributed by atoms with E-state index in [1.807, 2.05) is 43.7 Å². The molecule has 5 aromatic rings. The maximum absolute atomic E-state index is 4.84. The van der Waals surface area contributed by atoms with Crippen molar-refractivity contribution in [3.05, 3.63) is 90.5 Å². The van der Waals surface area contributed by atoms with Crippen molar-refractivity contribution in [2.75, 3.05) is 26.2 Å². The summed E-state index contributed by atoms with van der Waals surface area (Å²) in [6, 6.07) is 22.1. The molecule has 1 aliphatic heterocycles. The number of aromatic nitrogens is 4. The second kappa shape index (κ2) is 10.5. The van der Waals surface area contributed by atoms with Crippen LogP contribution in [0.5, 0.6) is 0 Å². The number of hydrogen-bond donors (Lipinski definition) is 1. The summed E-state index contributed by atoms with van der Waals surface area (Å²) in [6.07, 6.45) is 5.82. The Morgan fingerprint density at radius 2 is 1.61 bits per heavy atom. The summed E-state index contributed by atoms with van der Waals surface area (Å²) in [7, 11) is 0. The molecule has 0 saturated carbocycles. The highest BCUT2D eigenvalue weighted by Crippen LogP contribution is 2.33. The molecule has 5 heterocycles. The van der Waals surface area contributed by atoms with Crippen LogP contribution in [-0.2, 0) is 6.54 Å². The molecule has 38 heavy (non-hydrogen) atoms. The zero-order valence-electron chi connectivity index (χ0n) is 22.4. The van der Waals surface area contributed by atoms with Gasteiger partial charge in [-0.15, -0.1) is 0 Å². The number of aryl methyl sites for hydroxylation is 1. The van der Waals surface area contributed by atoms with Gasteiger partial charge < -0.3 is 4.98 Å². The highest BCUT2D eigenvalue weighted by Gasteiger charge is 2.19. The fraction of sp³-hybridized carbons (Fsp3) is 0.281. The lowest BCUT2D eigenvalue weighted by atomic mass is 9.99. The van der Waals surface area contributed by atoms with Gasteiger partial charge in [-0.25, -0.2) is 4.98 Å². The Balaban J connectivity index is 1.25. The minimum absolute atomic E-state index is 0.632. The van der Waals surface area contributed by atoms with E-state index in [1.54, 1.807) is 0 Å². The number of fused-ring (bicyclic) bond motifs is 1. The van der Waals surface area contributed by atoms with Gasteiger partial charge in [0.05, 0.1) is 11.4 Å². The molecule has 0 amide bonds. The van der Waals surface area contributed by atoms with Crippen molar-refractivity contribution >= 4 is 11.0 Å². The Morgan fingerprint density at radius 1 is 0.816 bits per heavy atom. The van der Waals surface area contributed by atoms with Crippen LogP contribution in [0.2, 0.25) is 0 Å². The number of nitrogens with one attached hydrogen (secondary N) is 1. The summed E-state index contributed by atoms with van der Waals surface area (Å²) in [4.78, 5) is 22.6. The lowest BCUT2D eigenvalue weighted by Gasteiger charge is -2.36. The fourth-order valence-electron chi connectivity index (χ4n) is 5.34. The van der Waals surface area contributed by atoms with E-state index >= 15 is 0 Å². The molecule has 6 heteroatoms. The second-order valence-corrected chi connectivity index (χ2v) is 10.5. The lowest BCUT2D eigenvalue weighted by Crippen LogP contribution is -2.48. The maximum atomic E-state index is 4.84. The number of pyridine rings is 3. The minimum atomic E-state index is 0.632. The van der Waals surface area contributed by atoms with Crippen LogP contribution in [0.15, 0.2) is 79.3 Å². The van der Waals surface area contributed by atoms with Crippen molar-refractivity contribution in [2.24, 2.45) is 0 Å². The Kier molecular flexibility index (Phi) is 6.75. The Morgan fingerprint density at radius 3 is 2.37 bits per heavy atom. The normalized spacial score (nSPS) is 14.9. The molecule has 0 unspecified atom stereocenters. The standard InChI is InChI=1S/C32H34N6/c1-22(2)38-15-13-37(14-16-38)21-24-7-9-25(10-8-24)26-17-27(20-33-19-26)29-18-31(30-6-4-5-23(3)35-30)36-32-28(29)11-12-34-32/h4-12,17-20,22H,13-16,21H2,1-3H3,(H,34,36). The molecule has 0 bridgehead atoms. The third kappa shape index (κ3) is 5.10. The van der Waals surface area contributed by atoms with E-state index in [0.29, 0.717) is 6.04 Å². The minimum Gasteiger partial charge on any atom is -0.346 e. The molecular formula is C32H34N6. The highest BCUT2D eigenvalue weighted by atomic mass is 15.3. The molecule has 1 fully saturated rings. The van der Waals surface area contributed by atoms with Gasteiger partial charge in [0.1, 0.15) is 5.65 Å². The van der Waals surface area contributed by atoms with Crippen LogP contribution in [0, 0.1) is 6.92 Å². The summed E-state index contributed by atoms with van der Waals surface area (Å²) in [5.74, 6) is 0. The van der Waals surface area contributed by atoms with Gasteiger partial charge in [-0.1, -0.05) is 30.3 Å². The Bertz CT molecular complexity index is 1540. The van der Waals surface area contributed by atoms with Gasteiger partial charge in [0.25, 0.3) is 0 Å². The van der Waals surface area contributed by atoms with Crippen LogP contribution in [0.25, 0.3) is 44.7 Å². The smallest absolute Gasteiger partial charge is 0.138 e. The number of H-pyrrole nitrogens is 1. The molecule has 0 atom stereocenters. The predicted molar refractivity (Wildman–Crippen MR) is 155 cm³/mol. The molecule has 6 rings (SSSR count). The maximum Gasteiger partial charge on any atom is 0.138 e. The van der Waals surface area contributed by atoms with Crippen molar-refractivity contribution in [2.45, 2.75) is 33.4 Å². The predicted octanol–water partition coefficient (Wildman–Crippen LogP) is 6.19. The van der Waals surface area contributed by atoms with Gasteiger partial charge in [0, 0.05) is 79.6 Å². The van der Waals surface area contributed by atoms with Gasteiger partial charge in [-0.05, 0) is 67.8 Å². The van der Waals surface area contributed by atoms with Gasteiger partial charge in [-0.2, -0.15) is 0 Å². The summed E-state index contributed by atoms with van der Waals surface area (Å²) < 4.78 is 0. The number of nitrogens with zero attached hydrogens (tertiary/aromatic N) is 5. The van der Waals surface area contributed by atoms with E-state index in [-0.39, 0.29) is 0 Å². The molecule has 1 aromatic carbocycles. The second-order valence-electron chi connectivity index (χ2n) is 10.5. The molecule has 4 aromatic heterocycles. The van der Waals surface area contributed by atoms with Crippen LogP contribution in [0.3, 0.4) is 0 Å². The molecule has 6 nitrogen and oxygen atoms in total. The van der Waals surface area contributed by atoms with E-state index in [9.17, 15) is 0 Å². The molecular weight excluding hydrogens is 468 g/mol. The van der Waals surface area contributed by atoms with E-state index in [1.165, 1.54) is 11.1 Å². The zero-order chi connectivity index (χ0) is 26.1. The van der Waals surface area contributed by atoms with Gasteiger partial charge in [-0.3, -0.25) is 19.8 Å². The Hall–Kier alpha value is -3.87. The van der Waals surface area contributed by atoms with E-state index in [0.717, 1.165) is 77.5 Å². The van der Waals surface area contributed by atoms with E-state index < -0.39 is 0 Å². The zero-order valence-corrected chi connectivity index (χ0v) is 22.4. The monoisotopic (exact) mass is 502 g/mol. The first-order valence-electron chi connectivity index (χ1n) is 13.5. The third-order valence-electron chi connectivity index (χ3n) is 7.56. The van der Waals surface area contributed by atoms with Crippen molar-refractivity contribution in [1.82, 2.24) is 29.7 Å². The van der Waals surface area contributed by atoms with Crippen LogP contribution in [0.1, 0.15) is 25.1 Å². The fourth-order valence-corrected chi connectivity index (χ4v) is 5.34. The molecule has 1 saturated heterocycles. The largest absolute Gasteiger partial charge is 0.346 e. The SMILES string of the molecule is Cc1cccc(-c2cc(-c3cncc(-c4ccc(CN5CCN(C(C)C)CC5)cc4)c3)c3cc[nH]c3n2)n1. The summed E-state index contributed by atoms with van der Waals surface area (Å²) in [6.45, 7) is 12.1. The first-order valence-corrected chi connectivity index (χ1v) is 13.5. The number of aromatic amines is 1. The van der Waals surface area contributed by atoms with Crippen LogP contribution in [-0.4, -0.2) is 62.0 Å². The number of hydrogen-bond acceptors (Lipinski definition) is 5. The first-order chi connectivity index (χ1) is 18.5. The van der Waals surface area contributed by atoms with Crippen LogP contribution < -0.4 is 0 Å². The average molecular weight is 503 g/mol. The molecule has 0 radical (unpaired) electrons. The van der Waals surface area contributed by atoms with Crippen molar-refractivity contribution in [3.8, 4) is 33.6 Å². The molecule has 1 aliphatic rings. The van der Waals surface area contributed by atoms with Gasteiger partial charge in [0.15, 0.2) is 0 Å². The van der Waals surface area contributed by atoms with Crippen LogP contribution >= 0.6 is 0 Å². The number of benzene rings is 1.